The van der Waals surface area contributed by atoms with E-state index < -0.39 is 97.5 Å². The zero-order valence-electron chi connectivity index (χ0n) is 57.0. The largest absolute Gasteiger partial charge is 0.472 e. The van der Waals surface area contributed by atoms with Crippen LogP contribution in [0.2, 0.25) is 0 Å². The number of aliphatic hydroxyl groups excluding tert-OH is 1. The fourth-order valence-electron chi connectivity index (χ4n) is 10.4. The van der Waals surface area contributed by atoms with Crippen molar-refractivity contribution in [2.45, 2.75) is 368 Å². The summed E-state index contributed by atoms with van der Waals surface area (Å²) in [5.41, 5.74) is 0. The Morgan fingerprint density at radius 2 is 0.523 bits per heavy atom. The Bertz CT molecular complexity index is 1720. The van der Waals surface area contributed by atoms with E-state index in [2.05, 4.69) is 41.5 Å². The third-order valence-corrected chi connectivity index (χ3v) is 17.9. The van der Waals surface area contributed by atoms with Gasteiger partial charge in [-0.25, -0.2) is 9.13 Å². The highest BCUT2D eigenvalue weighted by Gasteiger charge is 2.30. The fourth-order valence-corrected chi connectivity index (χ4v) is 12.0. The van der Waals surface area contributed by atoms with Crippen molar-refractivity contribution in [3.05, 3.63) is 0 Å². The first kappa shape index (κ1) is 86.1. The van der Waals surface area contributed by atoms with Gasteiger partial charge in [-0.15, -0.1) is 0 Å². The van der Waals surface area contributed by atoms with Crippen molar-refractivity contribution in [2.24, 2.45) is 11.8 Å². The van der Waals surface area contributed by atoms with Gasteiger partial charge < -0.3 is 33.8 Å². The van der Waals surface area contributed by atoms with Crippen LogP contribution in [0.4, 0.5) is 0 Å². The second-order valence-corrected chi connectivity index (χ2v) is 28.8. The lowest BCUT2D eigenvalue weighted by molar-refractivity contribution is -0.161. The molecule has 522 valence electrons. The number of esters is 4. The molecule has 0 aromatic rings. The average molecular weight is 1300 g/mol. The van der Waals surface area contributed by atoms with E-state index >= 15 is 0 Å². The number of carbonyl (C=O) groups is 4. The fraction of sp³-hybridized carbons (Fsp3) is 0.942. The monoisotopic (exact) mass is 1300 g/mol. The van der Waals surface area contributed by atoms with E-state index in [-0.39, 0.29) is 25.7 Å². The standard InChI is InChI=1S/C69H134O17P2/c1-7-9-11-13-14-15-16-20-24-29-34-40-46-52-67(72)80-58-65(86-68(73)53-47-41-35-30-25-22-19-17-18-21-23-27-32-38-43-49-61(3)4)60-84-88(77,78)82-56-63(70)55-81-87(75,76)83-59-64(57-79-66(71)51-45-37-12-10-8-2)85-69(74)54-48-42-36-31-26-28-33-39-44-50-62(5)6/h61-65,70H,7-60H2,1-6H3,(H,75,76)(H,77,78)/t63-,64+,65+/m0/s1. The molecule has 5 atom stereocenters. The number of rotatable bonds is 68. The van der Waals surface area contributed by atoms with Crippen LogP contribution in [-0.4, -0.2) is 96.7 Å². The maximum atomic E-state index is 13.0. The highest BCUT2D eigenvalue weighted by atomic mass is 31.2. The maximum Gasteiger partial charge on any atom is 0.472 e. The molecule has 0 bridgehead atoms. The van der Waals surface area contributed by atoms with Crippen molar-refractivity contribution in [2.75, 3.05) is 39.6 Å². The summed E-state index contributed by atoms with van der Waals surface area (Å²) in [4.78, 5) is 72.2. The highest BCUT2D eigenvalue weighted by molar-refractivity contribution is 7.47. The Kier molecular flexibility index (Phi) is 59.9. The molecule has 0 heterocycles. The normalized spacial score (nSPS) is 14.2. The quantitative estimate of drug-likeness (QED) is 0.0222. The van der Waals surface area contributed by atoms with E-state index in [9.17, 15) is 43.2 Å². The molecule has 0 aromatic heterocycles. The molecule has 0 radical (unpaired) electrons. The second-order valence-electron chi connectivity index (χ2n) is 25.9. The smallest absolute Gasteiger partial charge is 0.462 e. The molecule has 0 rings (SSSR count). The van der Waals surface area contributed by atoms with E-state index in [1.807, 2.05) is 0 Å². The predicted octanol–water partition coefficient (Wildman–Crippen LogP) is 19.6. The number of phosphoric ester groups is 2. The second kappa shape index (κ2) is 61.3. The van der Waals surface area contributed by atoms with Crippen LogP contribution >= 0.6 is 15.6 Å². The van der Waals surface area contributed by atoms with Crippen molar-refractivity contribution in [3.63, 3.8) is 0 Å². The SMILES string of the molecule is CCCCCCCCCCCCCCCC(=O)OC[C@H](COP(=O)(O)OC[C@@H](O)COP(=O)(O)OC[C@@H](COC(=O)CCCCCCC)OC(=O)CCCCCCCCCCCC(C)C)OC(=O)CCCCCCCCCCCCCCCCCC(C)C. The van der Waals surface area contributed by atoms with Crippen molar-refractivity contribution >= 4 is 39.5 Å². The highest BCUT2D eigenvalue weighted by Crippen LogP contribution is 2.45. The van der Waals surface area contributed by atoms with Crippen molar-refractivity contribution in [1.82, 2.24) is 0 Å². The zero-order chi connectivity index (χ0) is 65.0. The van der Waals surface area contributed by atoms with Crippen molar-refractivity contribution in [1.29, 1.82) is 0 Å². The molecule has 2 unspecified atom stereocenters. The third kappa shape index (κ3) is 62.8. The lowest BCUT2D eigenvalue weighted by Crippen LogP contribution is -2.30. The van der Waals surface area contributed by atoms with Gasteiger partial charge in [-0.1, -0.05) is 298 Å². The summed E-state index contributed by atoms with van der Waals surface area (Å²) in [6.45, 7) is 9.46. The van der Waals surface area contributed by atoms with Crippen molar-refractivity contribution in [3.8, 4) is 0 Å². The molecule has 0 saturated carbocycles. The Balaban J connectivity index is 5.15. The summed E-state index contributed by atoms with van der Waals surface area (Å²) in [5.74, 6) is -0.597. The van der Waals surface area contributed by atoms with Gasteiger partial charge in [0.25, 0.3) is 0 Å². The Morgan fingerprint density at radius 1 is 0.307 bits per heavy atom. The first-order valence-electron chi connectivity index (χ1n) is 36.0. The maximum absolute atomic E-state index is 13.0. The van der Waals surface area contributed by atoms with Crippen LogP contribution in [0.3, 0.4) is 0 Å². The van der Waals surface area contributed by atoms with Gasteiger partial charge in [0.05, 0.1) is 26.4 Å². The van der Waals surface area contributed by atoms with E-state index in [1.54, 1.807) is 0 Å². The topological polar surface area (TPSA) is 237 Å². The number of unbranched alkanes of at least 4 members (excludes halogenated alkanes) is 38. The Labute approximate surface area is 537 Å². The van der Waals surface area contributed by atoms with Crippen LogP contribution in [0.25, 0.3) is 0 Å². The first-order chi connectivity index (χ1) is 42.4. The minimum Gasteiger partial charge on any atom is -0.462 e. The van der Waals surface area contributed by atoms with Crippen LogP contribution in [0.1, 0.15) is 350 Å². The summed E-state index contributed by atoms with van der Waals surface area (Å²) < 4.78 is 68.0. The number of hydrogen-bond donors (Lipinski definition) is 3. The molecule has 0 spiro atoms. The number of carbonyl (C=O) groups excluding carboxylic acids is 4. The molecule has 88 heavy (non-hydrogen) atoms. The molecule has 0 saturated heterocycles. The minimum absolute atomic E-state index is 0.104. The molecule has 0 amide bonds. The van der Waals surface area contributed by atoms with Crippen LogP contribution in [0.15, 0.2) is 0 Å². The molecule has 0 aliphatic rings. The Hall–Kier alpha value is -1.94. The molecule has 0 aromatic carbocycles. The lowest BCUT2D eigenvalue weighted by atomic mass is 10.0. The van der Waals surface area contributed by atoms with Crippen LogP contribution < -0.4 is 0 Å². The average Bonchev–Trinajstić information content (AvgIpc) is 3.70. The number of hydrogen-bond acceptors (Lipinski definition) is 15. The molecular formula is C69H134O17P2. The number of ether oxygens (including phenoxy) is 4. The van der Waals surface area contributed by atoms with E-state index in [0.717, 1.165) is 108 Å². The molecule has 0 fully saturated rings. The molecule has 0 aliphatic heterocycles. The van der Waals surface area contributed by atoms with E-state index in [4.69, 9.17) is 37.0 Å². The molecular weight excluding hydrogens is 1160 g/mol. The van der Waals surface area contributed by atoms with E-state index in [0.29, 0.717) is 25.7 Å². The third-order valence-electron chi connectivity index (χ3n) is 16.0. The van der Waals surface area contributed by atoms with Gasteiger partial charge in [-0.2, -0.15) is 0 Å². The molecule has 17 nitrogen and oxygen atoms in total. The number of phosphoric acid groups is 2. The predicted molar refractivity (Wildman–Crippen MR) is 354 cm³/mol. The number of aliphatic hydroxyl groups is 1. The van der Waals surface area contributed by atoms with Gasteiger partial charge in [-0.05, 0) is 37.5 Å². The summed E-state index contributed by atoms with van der Waals surface area (Å²) >= 11 is 0. The van der Waals surface area contributed by atoms with Crippen LogP contribution in [0, 0.1) is 11.8 Å². The summed E-state index contributed by atoms with van der Waals surface area (Å²) in [6.07, 6.45) is 46.2. The Morgan fingerprint density at radius 3 is 0.773 bits per heavy atom. The molecule has 19 heteroatoms. The lowest BCUT2D eigenvalue weighted by Gasteiger charge is -2.21. The summed E-state index contributed by atoms with van der Waals surface area (Å²) in [7, 11) is -9.89. The van der Waals surface area contributed by atoms with Crippen molar-refractivity contribution < 1.29 is 80.2 Å². The van der Waals surface area contributed by atoms with Gasteiger partial charge in [0.2, 0.25) is 0 Å². The minimum atomic E-state index is -4.95. The van der Waals surface area contributed by atoms with Crippen LogP contribution in [0.5, 0.6) is 0 Å². The van der Waals surface area contributed by atoms with Gasteiger partial charge in [0.1, 0.15) is 19.3 Å². The van der Waals surface area contributed by atoms with Gasteiger partial charge in [0.15, 0.2) is 12.2 Å². The zero-order valence-corrected chi connectivity index (χ0v) is 58.8. The van der Waals surface area contributed by atoms with Gasteiger partial charge in [0, 0.05) is 25.7 Å². The summed E-state index contributed by atoms with van der Waals surface area (Å²) in [6, 6.07) is 0. The summed E-state index contributed by atoms with van der Waals surface area (Å²) in [5, 5.41) is 10.5. The first-order valence-corrected chi connectivity index (χ1v) is 39.0. The van der Waals surface area contributed by atoms with E-state index in [1.165, 1.54) is 161 Å². The van der Waals surface area contributed by atoms with Crippen LogP contribution in [-0.2, 0) is 65.4 Å². The van der Waals surface area contributed by atoms with Gasteiger partial charge in [-0.3, -0.25) is 37.3 Å². The molecule has 3 N–H and O–H groups in total. The molecule has 0 aliphatic carbocycles. The van der Waals surface area contributed by atoms with Gasteiger partial charge >= 0.3 is 39.5 Å².